The highest BCUT2D eigenvalue weighted by Crippen LogP contribution is 2.38. The molecule has 122 valence electrons. The van der Waals surface area contributed by atoms with E-state index in [9.17, 15) is 22.3 Å². The summed E-state index contributed by atoms with van der Waals surface area (Å²) in [5.74, 6) is -0.0168. The molecule has 1 aliphatic heterocycles. The maximum Gasteiger partial charge on any atom is 0.387 e. The molecule has 0 aromatic heterocycles. The van der Waals surface area contributed by atoms with Gasteiger partial charge in [0.25, 0.3) is 0 Å². The molecule has 0 amide bonds. The number of rotatable bonds is 4. The molecule has 3 rings (SSSR count). The molecular weight excluding hydrogens is 328 g/mol. The average Bonchev–Trinajstić information content (AvgIpc) is 2.70. The van der Waals surface area contributed by atoms with Gasteiger partial charge in [-0.2, -0.15) is 13.1 Å². The van der Waals surface area contributed by atoms with E-state index >= 15 is 0 Å². The molecule has 0 spiro atoms. The first-order valence-electron chi connectivity index (χ1n) is 6.72. The summed E-state index contributed by atoms with van der Waals surface area (Å²) in [5.41, 5.74) is 0.868. The number of hydrogen-bond acceptors (Lipinski definition) is 4. The van der Waals surface area contributed by atoms with Crippen LogP contribution in [0.1, 0.15) is 17.4 Å². The van der Waals surface area contributed by atoms with Crippen LogP contribution in [0.2, 0.25) is 0 Å². The molecule has 2 aromatic carbocycles. The van der Waals surface area contributed by atoms with Crippen molar-refractivity contribution in [2.45, 2.75) is 24.3 Å². The van der Waals surface area contributed by atoms with Gasteiger partial charge in [-0.1, -0.05) is 30.3 Å². The predicted octanol–water partition coefficient (Wildman–Crippen LogP) is 2.48. The smallest absolute Gasteiger partial charge is 0.387 e. The van der Waals surface area contributed by atoms with Gasteiger partial charge in [0, 0.05) is 12.1 Å². The Bertz CT molecular complexity index is 808. The number of ether oxygens (including phenoxy) is 1. The fourth-order valence-corrected chi connectivity index (χ4v) is 4.14. The summed E-state index contributed by atoms with van der Waals surface area (Å²) >= 11 is 0. The third-order valence-electron chi connectivity index (χ3n) is 3.54. The molecule has 1 heterocycles. The molecule has 0 aliphatic carbocycles. The maximum atomic E-state index is 12.5. The minimum absolute atomic E-state index is 0.0168. The van der Waals surface area contributed by atoms with Crippen molar-refractivity contribution in [3.05, 3.63) is 59.7 Å². The molecule has 0 unspecified atom stereocenters. The topological polar surface area (TPSA) is 66.8 Å². The van der Waals surface area contributed by atoms with Crippen molar-refractivity contribution in [3.63, 3.8) is 0 Å². The number of hydrogen-bond donors (Lipinski definition) is 1. The van der Waals surface area contributed by atoms with E-state index in [1.54, 1.807) is 18.2 Å². The second-order valence-corrected chi connectivity index (χ2v) is 6.84. The second-order valence-electron chi connectivity index (χ2n) is 4.98. The number of aliphatic hydroxyl groups excluding tert-OH is 1. The molecule has 1 aliphatic rings. The van der Waals surface area contributed by atoms with Crippen LogP contribution in [0.4, 0.5) is 8.78 Å². The number of alkyl halides is 2. The maximum absolute atomic E-state index is 12.5. The minimum Gasteiger partial charge on any atom is -0.435 e. The quantitative estimate of drug-likeness (QED) is 0.928. The third kappa shape index (κ3) is 2.92. The van der Waals surface area contributed by atoms with Gasteiger partial charge < -0.3 is 9.84 Å². The number of sulfonamides is 1. The lowest BCUT2D eigenvalue weighted by Crippen LogP contribution is -2.27. The summed E-state index contributed by atoms with van der Waals surface area (Å²) in [7, 11) is -3.79. The van der Waals surface area contributed by atoms with Crippen LogP contribution in [0.5, 0.6) is 5.75 Å². The fourth-order valence-electron chi connectivity index (χ4n) is 2.47. The first-order valence-corrected chi connectivity index (χ1v) is 8.16. The van der Waals surface area contributed by atoms with E-state index < -0.39 is 22.9 Å². The monoisotopic (exact) mass is 341 g/mol. The summed E-state index contributed by atoms with van der Waals surface area (Å²) < 4.78 is 54.3. The highest BCUT2D eigenvalue weighted by molar-refractivity contribution is 7.89. The number of aliphatic hydroxyl groups is 1. The standard InChI is InChI=1S/C15H13F2NO4S/c16-15(17)22-11-7-5-10(6-8-11)9-18-14(19)12-3-1-2-4-13(12)23(18,20)21/h1-8,14-15,19H,9H2/t14-/m1/s1. The van der Waals surface area contributed by atoms with E-state index in [4.69, 9.17) is 0 Å². The lowest BCUT2D eigenvalue weighted by atomic mass is 10.2. The lowest BCUT2D eigenvalue weighted by molar-refractivity contribution is -0.0498. The van der Waals surface area contributed by atoms with E-state index in [1.165, 1.54) is 30.3 Å². The van der Waals surface area contributed by atoms with Crippen molar-refractivity contribution in [1.29, 1.82) is 0 Å². The van der Waals surface area contributed by atoms with Crippen LogP contribution < -0.4 is 4.74 Å². The Labute approximate surface area is 131 Å². The molecule has 8 heteroatoms. The Hall–Kier alpha value is -2.03. The zero-order valence-electron chi connectivity index (χ0n) is 11.8. The average molecular weight is 341 g/mol. The van der Waals surface area contributed by atoms with Crippen LogP contribution in [0.15, 0.2) is 53.4 Å². The van der Waals surface area contributed by atoms with Gasteiger partial charge in [-0.3, -0.25) is 0 Å². The molecular formula is C15H13F2NO4S. The Kier molecular flexibility index (Phi) is 4.05. The Morgan fingerprint density at radius 3 is 2.39 bits per heavy atom. The summed E-state index contributed by atoms with van der Waals surface area (Å²) in [6.45, 7) is -3.00. The van der Waals surface area contributed by atoms with Crippen molar-refractivity contribution in [3.8, 4) is 5.75 Å². The molecule has 1 atom stereocenters. The van der Waals surface area contributed by atoms with Crippen LogP contribution in [0, 0.1) is 0 Å². The van der Waals surface area contributed by atoms with Gasteiger partial charge in [-0.15, -0.1) is 0 Å². The fraction of sp³-hybridized carbons (Fsp3) is 0.200. The minimum atomic E-state index is -3.79. The zero-order valence-corrected chi connectivity index (χ0v) is 12.6. The van der Waals surface area contributed by atoms with Gasteiger partial charge in [0.1, 0.15) is 12.0 Å². The van der Waals surface area contributed by atoms with Crippen molar-refractivity contribution in [1.82, 2.24) is 4.31 Å². The van der Waals surface area contributed by atoms with E-state index in [0.717, 1.165) is 4.31 Å². The second kappa shape index (κ2) is 5.88. The van der Waals surface area contributed by atoms with E-state index in [-0.39, 0.29) is 17.2 Å². The Balaban J connectivity index is 1.84. The van der Waals surface area contributed by atoms with Crippen molar-refractivity contribution in [2.75, 3.05) is 0 Å². The SMILES string of the molecule is O=S1(=O)c2ccccc2[C@@H](O)N1Cc1ccc(OC(F)F)cc1. The summed E-state index contributed by atoms with van der Waals surface area (Å²) in [4.78, 5) is 0.0742. The van der Waals surface area contributed by atoms with Crippen LogP contribution in [0.25, 0.3) is 0 Å². The van der Waals surface area contributed by atoms with E-state index in [0.29, 0.717) is 11.1 Å². The van der Waals surface area contributed by atoms with E-state index in [2.05, 4.69) is 4.74 Å². The van der Waals surface area contributed by atoms with Crippen LogP contribution in [-0.4, -0.2) is 24.4 Å². The Morgan fingerprint density at radius 1 is 1.13 bits per heavy atom. The number of fused-ring (bicyclic) bond motifs is 1. The normalized spacial score (nSPS) is 19.7. The predicted molar refractivity (Wildman–Crippen MR) is 77.2 cm³/mol. The lowest BCUT2D eigenvalue weighted by Gasteiger charge is -2.19. The molecule has 0 fully saturated rings. The van der Waals surface area contributed by atoms with Gasteiger partial charge in [-0.25, -0.2) is 8.42 Å². The van der Waals surface area contributed by atoms with Gasteiger partial charge >= 0.3 is 6.61 Å². The molecule has 0 radical (unpaired) electrons. The van der Waals surface area contributed by atoms with Crippen molar-refractivity contribution in [2.24, 2.45) is 0 Å². The third-order valence-corrected chi connectivity index (χ3v) is 5.42. The van der Waals surface area contributed by atoms with Gasteiger partial charge in [0.05, 0.1) is 4.90 Å². The number of halogens is 2. The van der Waals surface area contributed by atoms with Crippen molar-refractivity contribution >= 4 is 10.0 Å². The summed E-state index contributed by atoms with van der Waals surface area (Å²) in [5, 5.41) is 10.2. The largest absolute Gasteiger partial charge is 0.435 e. The summed E-state index contributed by atoms with van der Waals surface area (Å²) in [6, 6.07) is 11.8. The van der Waals surface area contributed by atoms with Gasteiger partial charge in [0.15, 0.2) is 0 Å². The zero-order chi connectivity index (χ0) is 16.6. The van der Waals surface area contributed by atoms with Gasteiger partial charge in [-0.05, 0) is 23.8 Å². The highest BCUT2D eigenvalue weighted by Gasteiger charge is 2.41. The van der Waals surface area contributed by atoms with Crippen LogP contribution in [-0.2, 0) is 16.6 Å². The molecule has 0 saturated heterocycles. The first-order chi connectivity index (χ1) is 10.9. The number of benzene rings is 2. The molecule has 0 saturated carbocycles. The first kappa shape index (κ1) is 15.9. The van der Waals surface area contributed by atoms with E-state index in [1.807, 2.05) is 0 Å². The molecule has 23 heavy (non-hydrogen) atoms. The van der Waals surface area contributed by atoms with Crippen molar-refractivity contribution < 1.29 is 27.0 Å². The molecule has 1 N–H and O–H groups in total. The summed E-state index contributed by atoms with van der Waals surface area (Å²) in [6.07, 6.45) is -1.27. The van der Waals surface area contributed by atoms with Crippen LogP contribution in [0.3, 0.4) is 0 Å². The highest BCUT2D eigenvalue weighted by atomic mass is 32.2. The number of nitrogens with zero attached hydrogens (tertiary/aromatic N) is 1. The van der Waals surface area contributed by atoms with Gasteiger partial charge in [0.2, 0.25) is 10.0 Å². The Morgan fingerprint density at radius 2 is 1.78 bits per heavy atom. The van der Waals surface area contributed by atoms with Crippen LogP contribution >= 0.6 is 0 Å². The molecule has 0 bridgehead atoms. The molecule has 2 aromatic rings. The molecule has 5 nitrogen and oxygen atoms in total.